The number of rotatable bonds is 6. The zero-order chi connectivity index (χ0) is 19.3. The summed E-state index contributed by atoms with van der Waals surface area (Å²) < 4.78 is 32.5. The number of amides is 1. The van der Waals surface area contributed by atoms with Gasteiger partial charge in [-0.2, -0.15) is 4.31 Å². The Kier molecular flexibility index (Phi) is 6.86. The number of nitrogens with one attached hydrogen (secondary N) is 2. The van der Waals surface area contributed by atoms with E-state index in [1.807, 2.05) is 0 Å². The standard InChI is InChI=1S/C19H29N3O4S/c1-15-3-2-9-22(13-15)27(24,25)18-6-4-16(5-7-18)12-21-19(23)11-17-14-26-10-8-20-17/h4-7,15,17,20H,2-3,8-14H2,1H3,(H,21,23). The SMILES string of the molecule is CC1CCCN(S(=O)(=O)c2ccc(CNC(=O)CC3COCCN3)cc2)C1. The van der Waals surface area contributed by atoms with Crippen LogP contribution >= 0.6 is 0 Å². The molecule has 2 unspecified atom stereocenters. The van der Waals surface area contributed by atoms with E-state index in [1.54, 1.807) is 28.6 Å². The monoisotopic (exact) mass is 395 g/mol. The number of ether oxygens (including phenoxy) is 1. The molecule has 0 bridgehead atoms. The van der Waals surface area contributed by atoms with Crippen molar-refractivity contribution in [2.75, 3.05) is 32.8 Å². The van der Waals surface area contributed by atoms with Gasteiger partial charge in [-0.05, 0) is 36.5 Å². The summed E-state index contributed by atoms with van der Waals surface area (Å²) in [6, 6.07) is 6.85. The lowest BCUT2D eigenvalue weighted by molar-refractivity contribution is -0.122. The number of hydrogen-bond acceptors (Lipinski definition) is 5. The molecule has 2 aliphatic heterocycles. The van der Waals surface area contributed by atoms with E-state index in [4.69, 9.17) is 4.74 Å². The molecule has 3 rings (SSSR count). The Hall–Kier alpha value is -1.48. The van der Waals surface area contributed by atoms with Crippen molar-refractivity contribution in [1.82, 2.24) is 14.9 Å². The van der Waals surface area contributed by atoms with E-state index in [9.17, 15) is 13.2 Å². The van der Waals surface area contributed by atoms with Crippen LogP contribution in [0.3, 0.4) is 0 Å². The summed E-state index contributed by atoms with van der Waals surface area (Å²) >= 11 is 0. The van der Waals surface area contributed by atoms with Crippen LogP contribution in [-0.2, 0) is 26.1 Å². The molecule has 150 valence electrons. The van der Waals surface area contributed by atoms with Gasteiger partial charge in [-0.15, -0.1) is 0 Å². The number of benzene rings is 1. The van der Waals surface area contributed by atoms with Crippen LogP contribution in [0.4, 0.5) is 0 Å². The summed E-state index contributed by atoms with van der Waals surface area (Å²) in [6.45, 7) is 5.64. The van der Waals surface area contributed by atoms with Crippen molar-refractivity contribution in [3.63, 3.8) is 0 Å². The van der Waals surface area contributed by atoms with Gasteiger partial charge in [-0.25, -0.2) is 8.42 Å². The molecule has 2 heterocycles. The predicted octanol–water partition coefficient (Wildman–Crippen LogP) is 1.10. The fourth-order valence-corrected chi connectivity index (χ4v) is 5.14. The number of sulfonamides is 1. The van der Waals surface area contributed by atoms with E-state index in [1.165, 1.54) is 0 Å². The Balaban J connectivity index is 1.53. The van der Waals surface area contributed by atoms with Gasteiger partial charge >= 0.3 is 0 Å². The van der Waals surface area contributed by atoms with Gasteiger partial charge < -0.3 is 15.4 Å². The van der Waals surface area contributed by atoms with Crippen LogP contribution in [-0.4, -0.2) is 57.5 Å². The van der Waals surface area contributed by atoms with E-state index in [2.05, 4.69) is 17.6 Å². The molecular weight excluding hydrogens is 366 g/mol. The third kappa shape index (κ3) is 5.51. The average Bonchev–Trinajstić information content (AvgIpc) is 2.67. The van der Waals surface area contributed by atoms with E-state index in [-0.39, 0.29) is 11.9 Å². The molecule has 1 amide bonds. The third-order valence-corrected chi connectivity index (χ3v) is 6.98. The zero-order valence-corrected chi connectivity index (χ0v) is 16.6. The molecule has 0 radical (unpaired) electrons. The Morgan fingerprint density at radius 1 is 1.33 bits per heavy atom. The van der Waals surface area contributed by atoms with Crippen LogP contribution in [0.5, 0.6) is 0 Å². The fraction of sp³-hybridized carbons (Fsp3) is 0.632. The maximum Gasteiger partial charge on any atom is 0.243 e. The Bertz CT molecular complexity index is 730. The molecule has 2 fully saturated rings. The summed E-state index contributed by atoms with van der Waals surface area (Å²) in [5.74, 6) is 0.351. The van der Waals surface area contributed by atoms with Gasteiger partial charge in [0.25, 0.3) is 0 Å². The second kappa shape index (κ2) is 9.14. The number of morpholine rings is 1. The van der Waals surface area contributed by atoms with Gasteiger partial charge in [0.1, 0.15) is 0 Å². The molecule has 1 aromatic rings. The first-order valence-corrected chi connectivity index (χ1v) is 11.1. The van der Waals surface area contributed by atoms with Gasteiger partial charge in [0, 0.05) is 38.6 Å². The molecular formula is C19H29N3O4S. The quantitative estimate of drug-likeness (QED) is 0.753. The minimum atomic E-state index is -3.44. The molecule has 2 saturated heterocycles. The van der Waals surface area contributed by atoms with Crippen LogP contribution in [0.1, 0.15) is 31.7 Å². The molecule has 2 aliphatic rings. The largest absolute Gasteiger partial charge is 0.378 e. The molecule has 2 atom stereocenters. The smallest absolute Gasteiger partial charge is 0.243 e. The van der Waals surface area contributed by atoms with Crippen molar-refractivity contribution in [3.8, 4) is 0 Å². The first kappa shape index (κ1) is 20.3. The van der Waals surface area contributed by atoms with E-state index in [0.29, 0.717) is 50.1 Å². The minimum absolute atomic E-state index is 0.0444. The summed E-state index contributed by atoms with van der Waals surface area (Å²) in [5.41, 5.74) is 0.877. The number of carbonyl (C=O) groups excluding carboxylic acids is 1. The van der Waals surface area contributed by atoms with Crippen molar-refractivity contribution >= 4 is 15.9 Å². The van der Waals surface area contributed by atoms with Crippen LogP contribution in [0.25, 0.3) is 0 Å². The zero-order valence-electron chi connectivity index (χ0n) is 15.8. The maximum atomic E-state index is 12.8. The minimum Gasteiger partial charge on any atom is -0.378 e. The molecule has 0 spiro atoms. The molecule has 7 nitrogen and oxygen atoms in total. The molecule has 2 N–H and O–H groups in total. The van der Waals surface area contributed by atoms with Gasteiger partial charge in [-0.3, -0.25) is 4.79 Å². The normalized spacial score (nSPS) is 24.5. The lowest BCUT2D eigenvalue weighted by atomic mass is 10.0. The van der Waals surface area contributed by atoms with Crippen LogP contribution in [0, 0.1) is 5.92 Å². The summed E-state index contributed by atoms with van der Waals surface area (Å²) in [4.78, 5) is 12.4. The Labute approximate surface area is 161 Å². The number of piperidine rings is 1. The second-order valence-electron chi connectivity index (χ2n) is 7.46. The first-order valence-electron chi connectivity index (χ1n) is 9.62. The highest BCUT2D eigenvalue weighted by molar-refractivity contribution is 7.89. The van der Waals surface area contributed by atoms with Crippen molar-refractivity contribution in [1.29, 1.82) is 0 Å². The van der Waals surface area contributed by atoms with Crippen molar-refractivity contribution < 1.29 is 17.9 Å². The third-order valence-electron chi connectivity index (χ3n) is 5.10. The van der Waals surface area contributed by atoms with Crippen LogP contribution < -0.4 is 10.6 Å². The van der Waals surface area contributed by atoms with E-state index >= 15 is 0 Å². The van der Waals surface area contributed by atoms with Crippen molar-refractivity contribution in [3.05, 3.63) is 29.8 Å². The Morgan fingerprint density at radius 3 is 2.78 bits per heavy atom. The molecule has 0 saturated carbocycles. The molecule has 1 aromatic carbocycles. The van der Waals surface area contributed by atoms with Crippen molar-refractivity contribution in [2.45, 2.75) is 43.7 Å². The first-order chi connectivity index (χ1) is 12.9. The number of hydrogen-bond donors (Lipinski definition) is 2. The summed E-state index contributed by atoms with van der Waals surface area (Å²) in [7, 11) is -3.44. The molecule has 0 aliphatic carbocycles. The Morgan fingerprint density at radius 2 is 2.11 bits per heavy atom. The van der Waals surface area contributed by atoms with Gasteiger partial charge in [0.05, 0.1) is 18.1 Å². The highest BCUT2D eigenvalue weighted by atomic mass is 32.2. The van der Waals surface area contributed by atoms with Gasteiger partial charge in [0.15, 0.2) is 0 Å². The fourth-order valence-electron chi connectivity index (χ4n) is 3.54. The topological polar surface area (TPSA) is 87.7 Å². The summed E-state index contributed by atoms with van der Waals surface area (Å²) in [6.07, 6.45) is 2.36. The van der Waals surface area contributed by atoms with Gasteiger partial charge in [0.2, 0.25) is 15.9 Å². The summed E-state index contributed by atoms with van der Waals surface area (Å²) in [5, 5.41) is 6.13. The van der Waals surface area contributed by atoms with E-state index in [0.717, 1.165) is 24.9 Å². The van der Waals surface area contributed by atoms with Crippen molar-refractivity contribution in [2.24, 2.45) is 5.92 Å². The van der Waals surface area contributed by atoms with Crippen LogP contribution in [0.15, 0.2) is 29.2 Å². The average molecular weight is 396 g/mol. The highest BCUT2D eigenvalue weighted by Crippen LogP contribution is 2.23. The second-order valence-corrected chi connectivity index (χ2v) is 9.40. The molecule has 27 heavy (non-hydrogen) atoms. The molecule has 8 heteroatoms. The van der Waals surface area contributed by atoms with Gasteiger partial charge in [-0.1, -0.05) is 19.1 Å². The lowest BCUT2D eigenvalue weighted by Crippen LogP contribution is -2.44. The molecule has 0 aromatic heterocycles. The maximum absolute atomic E-state index is 12.8. The predicted molar refractivity (Wildman–Crippen MR) is 103 cm³/mol. The van der Waals surface area contributed by atoms with Crippen LogP contribution in [0.2, 0.25) is 0 Å². The lowest BCUT2D eigenvalue weighted by Gasteiger charge is -2.30. The highest BCUT2D eigenvalue weighted by Gasteiger charge is 2.28. The number of carbonyl (C=O) groups is 1. The number of nitrogens with zero attached hydrogens (tertiary/aromatic N) is 1. The van der Waals surface area contributed by atoms with E-state index < -0.39 is 10.0 Å².